The maximum atomic E-state index is 14.6. The number of carbonyl (C=O) groups is 1. The van der Waals surface area contributed by atoms with E-state index in [9.17, 15) is 31.5 Å². The van der Waals surface area contributed by atoms with Gasteiger partial charge >= 0.3 is 6.18 Å². The average Bonchev–Trinajstić information content (AvgIpc) is 3.13. The molecule has 1 aliphatic rings. The molecule has 1 saturated heterocycles. The standard InChI is InChI=1S/C41H41F5N4O2/c1-40(2,49-23-6-3-7-24-49)27-48(25-28-13-15-29(16-14-28)30-17-20-32(21-18-30)41(44,45)46)37(51)26-50-35-12-5-4-10-33(35)39(52)47-36(50)22-19-31-9-8-11-34(42)38(31)43/h4-5,8-18,20-21H,3,6-7,19,22-27H2,1-2H3. The van der Waals surface area contributed by atoms with Crippen LogP contribution in [0.2, 0.25) is 0 Å². The Bertz CT molecular complexity index is 2090. The second-order valence-electron chi connectivity index (χ2n) is 14.0. The van der Waals surface area contributed by atoms with Gasteiger partial charge in [-0.3, -0.25) is 14.5 Å². The third kappa shape index (κ3) is 8.41. The summed E-state index contributed by atoms with van der Waals surface area (Å²) in [5.74, 6) is -1.85. The molecule has 6 nitrogen and oxygen atoms in total. The molecule has 0 aliphatic carbocycles. The van der Waals surface area contributed by atoms with Crippen molar-refractivity contribution in [2.45, 2.75) is 70.8 Å². The lowest BCUT2D eigenvalue weighted by molar-refractivity contribution is -0.137. The van der Waals surface area contributed by atoms with Gasteiger partial charge < -0.3 is 9.47 Å². The Balaban J connectivity index is 1.30. The number of fused-ring (bicyclic) bond motifs is 1. The molecular weight excluding hydrogens is 675 g/mol. The number of halogens is 5. The monoisotopic (exact) mass is 716 g/mol. The van der Waals surface area contributed by atoms with E-state index in [1.807, 2.05) is 24.3 Å². The van der Waals surface area contributed by atoms with Gasteiger partial charge in [-0.05, 0) is 98.8 Å². The fourth-order valence-electron chi connectivity index (χ4n) is 7.03. The van der Waals surface area contributed by atoms with Gasteiger partial charge in [-0.2, -0.15) is 18.2 Å². The Kier molecular flexibility index (Phi) is 10.9. The molecule has 1 amide bonds. The Morgan fingerprint density at radius 1 is 0.808 bits per heavy atom. The third-order valence-corrected chi connectivity index (χ3v) is 9.93. The van der Waals surface area contributed by atoms with Crippen molar-refractivity contribution >= 4 is 16.8 Å². The van der Waals surface area contributed by atoms with Crippen LogP contribution in [0.1, 0.15) is 55.6 Å². The van der Waals surface area contributed by atoms with Crippen LogP contribution in [0.25, 0.3) is 22.0 Å². The number of hydrogen-bond donors (Lipinski definition) is 0. The van der Waals surface area contributed by atoms with Gasteiger partial charge in [0.1, 0.15) is 12.4 Å². The highest BCUT2D eigenvalue weighted by Crippen LogP contribution is 2.31. The van der Waals surface area contributed by atoms with Crippen molar-refractivity contribution < 1.29 is 26.7 Å². The van der Waals surface area contributed by atoms with E-state index < -0.39 is 28.9 Å². The van der Waals surface area contributed by atoms with Crippen LogP contribution in [-0.4, -0.2) is 50.4 Å². The first-order chi connectivity index (χ1) is 24.8. The maximum Gasteiger partial charge on any atom is 0.416 e. The lowest BCUT2D eigenvalue weighted by Gasteiger charge is -2.44. The van der Waals surface area contributed by atoms with Crippen molar-refractivity contribution in [2.75, 3.05) is 19.6 Å². The number of rotatable bonds is 11. The maximum absolute atomic E-state index is 14.6. The van der Waals surface area contributed by atoms with Crippen LogP contribution in [0.4, 0.5) is 22.0 Å². The first-order valence-electron chi connectivity index (χ1n) is 17.5. The number of nitrogens with zero attached hydrogens (tertiary/aromatic N) is 4. The Hall–Kier alpha value is -4.90. The molecule has 6 rings (SSSR count). The van der Waals surface area contributed by atoms with E-state index in [-0.39, 0.29) is 48.8 Å². The van der Waals surface area contributed by atoms with Gasteiger partial charge in [0.25, 0.3) is 5.56 Å². The fraction of sp³-hybridized carbons (Fsp3) is 0.341. The number of amides is 1. The molecule has 52 heavy (non-hydrogen) atoms. The quantitative estimate of drug-likeness (QED) is 0.129. The molecule has 4 aromatic carbocycles. The van der Waals surface area contributed by atoms with E-state index in [2.05, 4.69) is 23.7 Å². The molecule has 0 spiro atoms. The minimum atomic E-state index is -4.42. The Morgan fingerprint density at radius 2 is 1.46 bits per heavy atom. The SMILES string of the molecule is CC(C)(CN(Cc1ccc(-c2ccc(C(F)(F)F)cc2)cc1)C(=O)Cn1c(CCc2cccc(F)c2F)nc(=O)c2ccccc21)N1CCCCC1. The molecule has 1 aliphatic heterocycles. The van der Waals surface area contributed by atoms with E-state index in [1.54, 1.807) is 33.7 Å². The summed E-state index contributed by atoms with van der Waals surface area (Å²) in [5, 5.41) is 0.343. The highest BCUT2D eigenvalue weighted by atomic mass is 19.4. The van der Waals surface area contributed by atoms with Crippen LogP contribution in [0.5, 0.6) is 0 Å². The second kappa shape index (κ2) is 15.4. The smallest absolute Gasteiger partial charge is 0.335 e. The van der Waals surface area contributed by atoms with E-state index >= 15 is 0 Å². The molecule has 5 aromatic rings. The third-order valence-electron chi connectivity index (χ3n) is 9.93. The number of aryl methyl sites for hydroxylation is 2. The molecule has 0 bridgehead atoms. The van der Waals surface area contributed by atoms with E-state index in [1.165, 1.54) is 24.3 Å². The molecule has 0 saturated carbocycles. The second-order valence-corrected chi connectivity index (χ2v) is 14.0. The lowest BCUT2D eigenvalue weighted by atomic mass is 9.97. The van der Waals surface area contributed by atoms with Crippen LogP contribution in [0.15, 0.2) is 95.8 Å². The van der Waals surface area contributed by atoms with Gasteiger partial charge in [-0.15, -0.1) is 0 Å². The van der Waals surface area contributed by atoms with Crippen LogP contribution < -0.4 is 5.56 Å². The number of alkyl halides is 3. The summed E-state index contributed by atoms with van der Waals surface area (Å²) < 4.78 is 69.6. The molecule has 272 valence electrons. The molecule has 1 aromatic heterocycles. The summed E-state index contributed by atoms with van der Waals surface area (Å²) in [7, 11) is 0. The average molecular weight is 717 g/mol. The summed E-state index contributed by atoms with van der Waals surface area (Å²) >= 11 is 0. The van der Waals surface area contributed by atoms with E-state index in [0.29, 0.717) is 23.0 Å². The molecule has 0 unspecified atom stereocenters. The molecular formula is C41H41F5N4O2. The number of para-hydroxylation sites is 1. The van der Waals surface area contributed by atoms with Crippen LogP contribution in [0, 0.1) is 11.6 Å². The fourth-order valence-corrected chi connectivity index (χ4v) is 7.03. The predicted molar refractivity (Wildman–Crippen MR) is 192 cm³/mol. The van der Waals surface area contributed by atoms with Gasteiger partial charge in [0.15, 0.2) is 11.6 Å². The minimum absolute atomic E-state index is 0.0690. The Morgan fingerprint density at radius 3 is 2.13 bits per heavy atom. The number of aromatic nitrogens is 2. The Labute approximate surface area is 299 Å². The van der Waals surface area contributed by atoms with Crippen molar-refractivity contribution in [2.24, 2.45) is 0 Å². The predicted octanol–water partition coefficient (Wildman–Crippen LogP) is 8.44. The summed E-state index contributed by atoms with van der Waals surface area (Å²) in [6, 6.07) is 23.3. The summed E-state index contributed by atoms with van der Waals surface area (Å²) in [6.45, 7) is 6.62. The van der Waals surface area contributed by atoms with Crippen molar-refractivity contribution in [1.82, 2.24) is 19.4 Å². The van der Waals surface area contributed by atoms with Gasteiger partial charge in [0, 0.05) is 25.0 Å². The van der Waals surface area contributed by atoms with Gasteiger partial charge in [-0.1, -0.05) is 67.1 Å². The van der Waals surface area contributed by atoms with Gasteiger partial charge in [0.05, 0.1) is 16.5 Å². The van der Waals surface area contributed by atoms with Crippen molar-refractivity contribution in [3.63, 3.8) is 0 Å². The topological polar surface area (TPSA) is 58.4 Å². The van der Waals surface area contributed by atoms with E-state index in [4.69, 9.17) is 0 Å². The van der Waals surface area contributed by atoms with Crippen molar-refractivity contribution in [3.05, 3.63) is 135 Å². The number of piperidine rings is 1. The first-order valence-corrected chi connectivity index (χ1v) is 17.5. The number of carbonyl (C=O) groups excluding carboxylic acids is 1. The van der Waals surface area contributed by atoms with Crippen molar-refractivity contribution in [3.8, 4) is 11.1 Å². The molecule has 1 fully saturated rings. The lowest BCUT2D eigenvalue weighted by Crippen LogP contribution is -2.54. The van der Waals surface area contributed by atoms with Crippen LogP contribution in [0.3, 0.4) is 0 Å². The highest BCUT2D eigenvalue weighted by molar-refractivity contribution is 5.82. The molecule has 0 N–H and O–H groups in total. The van der Waals surface area contributed by atoms with Crippen LogP contribution in [-0.2, 0) is 36.9 Å². The normalized spacial score (nSPS) is 14.1. The zero-order valence-corrected chi connectivity index (χ0v) is 29.2. The molecule has 0 atom stereocenters. The molecule has 11 heteroatoms. The summed E-state index contributed by atoms with van der Waals surface area (Å²) in [4.78, 5) is 36.1. The number of benzene rings is 4. The van der Waals surface area contributed by atoms with Gasteiger partial charge in [0.2, 0.25) is 5.91 Å². The van der Waals surface area contributed by atoms with Crippen molar-refractivity contribution in [1.29, 1.82) is 0 Å². The number of hydrogen-bond acceptors (Lipinski definition) is 4. The zero-order chi connectivity index (χ0) is 37.0. The molecule has 2 heterocycles. The van der Waals surface area contributed by atoms with Gasteiger partial charge in [-0.25, -0.2) is 8.78 Å². The van der Waals surface area contributed by atoms with E-state index in [0.717, 1.165) is 61.7 Å². The largest absolute Gasteiger partial charge is 0.416 e. The number of likely N-dealkylation sites (tertiary alicyclic amines) is 1. The molecule has 0 radical (unpaired) electrons. The zero-order valence-electron chi connectivity index (χ0n) is 29.2. The summed E-state index contributed by atoms with van der Waals surface area (Å²) in [5.41, 5.74) is 1.34. The minimum Gasteiger partial charge on any atom is -0.335 e. The van der Waals surface area contributed by atoms with Crippen LogP contribution >= 0.6 is 0 Å². The highest BCUT2D eigenvalue weighted by Gasteiger charge is 2.33. The summed E-state index contributed by atoms with van der Waals surface area (Å²) in [6.07, 6.45) is -0.939. The first kappa shape index (κ1) is 36.9.